The van der Waals surface area contributed by atoms with E-state index in [1.807, 2.05) is 42.5 Å². The minimum absolute atomic E-state index is 0.187. The molecule has 3 nitrogen and oxygen atoms in total. The molecule has 0 atom stereocenters. The molecule has 3 aromatic rings. The van der Waals surface area contributed by atoms with Crippen molar-refractivity contribution < 1.29 is 5.11 Å². The van der Waals surface area contributed by atoms with E-state index in [1.165, 1.54) is 0 Å². The first-order valence-electron chi connectivity index (χ1n) is 6.40. The molecule has 0 saturated carbocycles. The van der Waals surface area contributed by atoms with Crippen molar-refractivity contribution in [3.8, 4) is 16.9 Å². The highest BCUT2D eigenvalue weighted by Crippen LogP contribution is 2.31. The Balaban J connectivity index is 2.19. The van der Waals surface area contributed by atoms with Crippen LogP contribution in [0.15, 0.2) is 54.6 Å². The van der Waals surface area contributed by atoms with E-state index in [1.54, 1.807) is 16.8 Å². The second kappa shape index (κ2) is 5.90. The van der Waals surface area contributed by atoms with Gasteiger partial charge in [-0.1, -0.05) is 53.5 Å². The summed E-state index contributed by atoms with van der Waals surface area (Å²) in [5, 5.41) is 15.2. The highest BCUT2D eigenvalue weighted by molar-refractivity contribution is 6.31. The normalized spacial score (nSPS) is 10.8. The standard InChI is InChI=1S/C16H12Cl2N2O/c17-12-6-4-5-11(9-12)15-14(10-21)16(18)20(19-15)13-7-2-1-3-8-13/h1-9,21H,10H2. The number of aliphatic hydroxyl groups is 1. The van der Waals surface area contributed by atoms with E-state index in [0.717, 1.165) is 11.3 Å². The van der Waals surface area contributed by atoms with Gasteiger partial charge in [0, 0.05) is 16.1 Å². The Morgan fingerprint density at radius 3 is 2.43 bits per heavy atom. The number of hydrogen-bond acceptors (Lipinski definition) is 2. The number of para-hydroxylation sites is 1. The molecule has 0 amide bonds. The van der Waals surface area contributed by atoms with Gasteiger partial charge in [0.2, 0.25) is 0 Å². The molecule has 0 fully saturated rings. The zero-order valence-corrected chi connectivity index (χ0v) is 12.5. The van der Waals surface area contributed by atoms with E-state index < -0.39 is 0 Å². The molecule has 0 aliphatic carbocycles. The van der Waals surface area contributed by atoms with Crippen LogP contribution in [0.2, 0.25) is 10.2 Å². The van der Waals surface area contributed by atoms with Crippen molar-refractivity contribution in [3.63, 3.8) is 0 Å². The van der Waals surface area contributed by atoms with Gasteiger partial charge in [-0.2, -0.15) is 5.10 Å². The van der Waals surface area contributed by atoms with Crippen molar-refractivity contribution in [2.45, 2.75) is 6.61 Å². The molecule has 0 aliphatic rings. The van der Waals surface area contributed by atoms with Gasteiger partial charge in [-0.05, 0) is 24.3 Å². The zero-order valence-electron chi connectivity index (χ0n) is 11.0. The molecular formula is C16H12Cl2N2O. The van der Waals surface area contributed by atoms with Gasteiger partial charge in [0.15, 0.2) is 0 Å². The fourth-order valence-electron chi connectivity index (χ4n) is 2.18. The average Bonchev–Trinajstić information content (AvgIpc) is 2.85. The second-order valence-electron chi connectivity index (χ2n) is 4.53. The van der Waals surface area contributed by atoms with Crippen LogP contribution in [0.4, 0.5) is 0 Å². The van der Waals surface area contributed by atoms with Gasteiger partial charge in [0.1, 0.15) is 5.15 Å². The summed E-state index contributed by atoms with van der Waals surface area (Å²) in [7, 11) is 0. The fourth-order valence-corrected chi connectivity index (χ4v) is 2.65. The van der Waals surface area contributed by atoms with Crippen LogP contribution in [0, 0.1) is 0 Å². The summed E-state index contributed by atoms with van der Waals surface area (Å²) in [5.41, 5.74) is 2.88. The van der Waals surface area contributed by atoms with Crippen molar-refractivity contribution in [1.29, 1.82) is 0 Å². The van der Waals surface area contributed by atoms with E-state index >= 15 is 0 Å². The summed E-state index contributed by atoms with van der Waals surface area (Å²) in [6.07, 6.45) is 0. The van der Waals surface area contributed by atoms with Crippen LogP contribution in [0.5, 0.6) is 0 Å². The molecule has 0 aliphatic heterocycles. The van der Waals surface area contributed by atoms with Crippen LogP contribution in [0.1, 0.15) is 5.56 Å². The third-order valence-corrected chi connectivity index (χ3v) is 3.80. The number of hydrogen-bond donors (Lipinski definition) is 1. The van der Waals surface area contributed by atoms with Gasteiger partial charge >= 0.3 is 0 Å². The molecule has 3 rings (SSSR count). The molecule has 0 bridgehead atoms. The average molecular weight is 319 g/mol. The van der Waals surface area contributed by atoms with E-state index in [0.29, 0.717) is 21.4 Å². The predicted octanol–water partition coefficient (Wildman–Crippen LogP) is 4.34. The van der Waals surface area contributed by atoms with Crippen LogP contribution in [-0.4, -0.2) is 14.9 Å². The number of benzene rings is 2. The molecule has 1 aromatic heterocycles. The van der Waals surface area contributed by atoms with Crippen molar-refractivity contribution in [2.24, 2.45) is 0 Å². The molecule has 0 spiro atoms. The lowest BCUT2D eigenvalue weighted by Gasteiger charge is -2.02. The summed E-state index contributed by atoms with van der Waals surface area (Å²) < 4.78 is 1.61. The first-order valence-corrected chi connectivity index (χ1v) is 7.16. The number of rotatable bonds is 3. The largest absolute Gasteiger partial charge is 0.391 e. The highest BCUT2D eigenvalue weighted by atomic mass is 35.5. The van der Waals surface area contributed by atoms with Crippen molar-refractivity contribution in [3.05, 3.63) is 70.3 Å². The third kappa shape index (κ3) is 2.68. The maximum Gasteiger partial charge on any atom is 0.139 e. The number of aliphatic hydroxyl groups excluding tert-OH is 1. The first kappa shape index (κ1) is 14.1. The monoisotopic (exact) mass is 318 g/mol. The topological polar surface area (TPSA) is 38.1 Å². The number of nitrogens with zero attached hydrogens (tertiary/aromatic N) is 2. The first-order chi connectivity index (χ1) is 10.2. The fraction of sp³-hybridized carbons (Fsp3) is 0.0625. The number of aromatic nitrogens is 2. The minimum atomic E-state index is -0.187. The van der Waals surface area contributed by atoms with E-state index in [4.69, 9.17) is 23.2 Å². The quantitative estimate of drug-likeness (QED) is 0.780. The summed E-state index contributed by atoms with van der Waals surface area (Å²) in [4.78, 5) is 0. The third-order valence-electron chi connectivity index (χ3n) is 3.18. The molecule has 106 valence electrons. The van der Waals surface area contributed by atoms with Gasteiger partial charge in [-0.3, -0.25) is 0 Å². The molecule has 0 radical (unpaired) electrons. The summed E-state index contributed by atoms with van der Waals surface area (Å²) in [6.45, 7) is -0.187. The van der Waals surface area contributed by atoms with Crippen LogP contribution in [0.3, 0.4) is 0 Å². The minimum Gasteiger partial charge on any atom is -0.391 e. The van der Waals surface area contributed by atoms with Crippen molar-refractivity contribution >= 4 is 23.2 Å². The summed E-state index contributed by atoms with van der Waals surface area (Å²) >= 11 is 12.4. The molecule has 2 aromatic carbocycles. The lowest BCUT2D eigenvalue weighted by atomic mass is 10.1. The SMILES string of the molecule is OCc1c(-c2cccc(Cl)c2)nn(-c2ccccc2)c1Cl. The lowest BCUT2D eigenvalue weighted by molar-refractivity contribution is 0.282. The van der Waals surface area contributed by atoms with E-state index in [2.05, 4.69) is 5.10 Å². The van der Waals surface area contributed by atoms with Crippen molar-refractivity contribution in [1.82, 2.24) is 9.78 Å². The summed E-state index contributed by atoms with van der Waals surface area (Å²) in [5.74, 6) is 0. The lowest BCUT2D eigenvalue weighted by Crippen LogP contribution is -1.96. The Kier molecular flexibility index (Phi) is 3.97. The van der Waals surface area contributed by atoms with Gasteiger partial charge in [0.25, 0.3) is 0 Å². The van der Waals surface area contributed by atoms with E-state index in [-0.39, 0.29) is 6.61 Å². The Hall–Kier alpha value is -1.81. The van der Waals surface area contributed by atoms with E-state index in [9.17, 15) is 5.11 Å². The maximum absolute atomic E-state index is 9.62. The molecule has 0 unspecified atom stereocenters. The van der Waals surface area contributed by atoms with Crippen LogP contribution in [-0.2, 0) is 6.61 Å². The van der Waals surface area contributed by atoms with Crippen LogP contribution >= 0.6 is 23.2 Å². The second-order valence-corrected chi connectivity index (χ2v) is 5.33. The smallest absolute Gasteiger partial charge is 0.139 e. The summed E-state index contributed by atoms with van der Waals surface area (Å²) in [6, 6.07) is 16.9. The Labute approximate surface area is 132 Å². The predicted molar refractivity (Wildman–Crippen MR) is 84.9 cm³/mol. The maximum atomic E-state index is 9.62. The Bertz CT molecular complexity index is 769. The highest BCUT2D eigenvalue weighted by Gasteiger charge is 2.18. The van der Waals surface area contributed by atoms with Crippen molar-refractivity contribution in [2.75, 3.05) is 0 Å². The molecule has 0 saturated heterocycles. The zero-order chi connectivity index (χ0) is 14.8. The van der Waals surface area contributed by atoms with Crippen LogP contribution in [0.25, 0.3) is 16.9 Å². The Morgan fingerprint density at radius 2 is 1.76 bits per heavy atom. The molecule has 21 heavy (non-hydrogen) atoms. The number of halogens is 2. The van der Waals surface area contributed by atoms with Gasteiger partial charge in [-0.25, -0.2) is 4.68 Å². The van der Waals surface area contributed by atoms with Gasteiger partial charge in [-0.15, -0.1) is 0 Å². The van der Waals surface area contributed by atoms with Gasteiger partial charge in [0.05, 0.1) is 18.0 Å². The van der Waals surface area contributed by atoms with Crippen LogP contribution < -0.4 is 0 Å². The van der Waals surface area contributed by atoms with Gasteiger partial charge < -0.3 is 5.11 Å². The Morgan fingerprint density at radius 1 is 1.00 bits per heavy atom. The molecule has 1 heterocycles. The molecule has 1 N–H and O–H groups in total. The molecular weight excluding hydrogens is 307 g/mol. The molecule has 5 heteroatoms.